The first-order valence-corrected chi connectivity index (χ1v) is 12.9. The van der Waals surface area contributed by atoms with Gasteiger partial charge in [0.2, 0.25) is 0 Å². The molecule has 2 aliphatic heterocycles. The Morgan fingerprint density at radius 2 is 1.59 bits per heavy atom. The van der Waals surface area contributed by atoms with Crippen molar-refractivity contribution in [2.24, 2.45) is 0 Å². The molecule has 2 aromatic carbocycles. The van der Waals surface area contributed by atoms with Gasteiger partial charge < -0.3 is 9.64 Å². The smallest absolute Gasteiger partial charge is 0.331 e. The molecule has 0 aliphatic carbocycles. The van der Waals surface area contributed by atoms with Crippen LogP contribution in [0.5, 0.6) is 5.75 Å². The summed E-state index contributed by atoms with van der Waals surface area (Å²) in [6, 6.07) is 9.63. The number of carbonyl (C=O) groups is 1. The maximum absolute atomic E-state index is 13.4. The van der Waals surface area contributed by atoms with Crippen LogP contribution in [0.4, 0.5) is 13.6 Å². The summed E-state index contributed by atoms with van der Waals surface area (Å²) in [5.41, 5.74) is 0.937. The first-order chi connectivity index (χ1) is 16.2. The predicted molar refractivity (Wildman–Crippen MR) is 123 cm³/mol. The van der Waals surface area contributed by atoms with Crippen molar-refractivity contribution in [3.63, 3.8) is 0 Å². The fourth-order valence-electron chi connectivity index (χ4n) is 4.49. The molecule has 2 amide bonds. The van der Waals surface area contributed by atoms with Gasteiger partial charge in [0.25, 0.3) is 10.0 Å². The number of ether oxygens (including phenoxy) is 1. The number of rotatable bonds is 5. The van der Waals surface area contributed by atoms with Gasteiger partial charge in [-0.25, -0.2) is 26.7 Å². The average molecular weight is 494 g/mol. The van der Waals surface area contributed by atoms with Crippen LogP contribution in [0.1, 0.15) is 31.2 Å². The lowest BCUT2D eigenvalue weighted by atomic mass is 9.99. The average Bonchev–Trinajstić information content (AvgIpc) is 2.82. The minimum atomic E-state index is -3.91. The van der Waals surface area contributed by atoms with Crippen molar-refractivity contribution < 1.29 is 26.7 Å². The second-order valence-electron chi connectivity index (χ2n) is 8.87. The Kier molecular flexibility index (Phi) is 7.37. The van der Waals surface area contributed by atoms with E-state index in [0.29, 0.717) is 24.9 Å². The second-order valence-corrected chi connectivity index (χ2v) is 10.6. The lowest BCUT2D eigenvalue weighted by Gasteiger charge is -2.41. The van der Waals surface area contributed by atoms with Gasteiger partial charge in [-0.1, -0.05) is 17.7 Å². The van der Waals surface area contributed by atoms with Crippen molar-refractivity contribution in [3.8, 4) is 5.75 Å². The first kappa shape index (κ1) is 24.4. The van der Waals surface area contributed by atoms with Crippen LogP contribution in [0.25, 0.3) is 0 Å². The van der Waals surface area contributed by atoms with Gasteiger partial charge in [0.1, 0.15) is 11.9 Å². The van der Waals surface area contributed by atoms with Crippen molar-refractivity contribution in [2.45, 2.75) is 49.6 Å². The highest BCUT2D eigenvalue weighted by Crippen LogP contribution is 2.25. The summed E-state index contributed by atoms with van der Waals surface area (Å²) in [5.74, 6) is -1.48. The van der Waals surface area contributed by atoms with Crippen LogP contribution in [0.2, 0.25) is 0 Å². The number of carbonyl (C=O) groups excluding carboxylic acids is 1. The molecule has 0 unspecified atom stereocenters. The molecule has 2 saturated heterocycles. The lowest BCUT2D eigenvalue weighted by Crippen LogP contribution is -2.52. The van der Waals surface area contributed by atoms with E-state index in [0.717, 1.165) is 56.5 Å². The number of nitrogens with zero attached hydrogens (tertiary/aromatic N) is 2. The van der Waals surface area contributed by atoms with Gasteiger partial charge in [0.15, 0.2) is 11.6 Å². The maximum Gasteiger partial charge on any atom is 0.331 e. The SMILES string of the molecule is Cc1ccc(S(=O)(=O)NC(=O)N2CCC(N3CCC(Oc4ccc(F)c(F)c4)CC3)CC2)cc1. The topological polar surface area (TPSA) is 79.0 Å². The highest BCUT2D eigenvalue weighted by molar-refractivity contribution is 7.90. The summed E-state index contributed by atoms with van der Waals surface area (Å²) in [6.45, 7) is 4.44. The molecule has 0 aromatic heterocycles. The molecule has 0 radical (unpaired) electrons. The molecule has 34 heavy (non-hydrogen) atoms. The molecule has 1 N–H and O–H groups in total. The van der Waals surface area contributed by atoms with Crippen LogP contribution in [0, 0.1) is 18.6 Å². The second kappa shape index (κ2) is 10.3. The Hall–Kier alpha value is -2.72. The van der Waals surface area contributed by atoms with Gasteiger partial charge in [-0.15, -0.1) is 0 Å². The fraction of sp³-hybridized carbons (Fsp3) is 0.458. The van der Waals surface area contributed by atoms with Crippen molar-refractivity contribution in [3.05, 3.63) is 59.7 Å². The third-order valence-corrected chi connectivity index (χ3v) is 7.83. The highest BCUT2D eigenvalue weighted by Gasteiger charge is 2.31. The summed E-state index contributed by atoms with van der Waals surface area (Å²) >= 11 is 0. The number of aryl methyl sites for hydroxylation is 1. The molecule has 2 aliphatic rings. The van der Waals surface area contributed by atoms with Crippen LogP contribution in [-0.2, 0) is 10.0 Å². The minimum Gasteiger partial charge on any atom is -0.490 e. The molecule has 0 spiro atoms. The zero-order valence-electron chi connectivity index (χ0n) is 19.0. The van der Waals surface area contributed by atoms with E-state index in [2.05, 4.69) is 9.62 Å². The standard InChI is InChI=1S/C24H29F2N3O4S/c1-17-2-5-21(6-3-17)34(31,32)27-24(30)29-12-8-18(9-13-29)28-14-10-19(11-15-28)33-20-4-7-22(25)23(26)16-20/h2-7,16,18-19H,8-15H2,1H3,(H,27,30). The maximum atomic E-state index is 13.4. The van der Waals surface area contributed by atoms with E-state index in [-0.39, 0.29) is 11.0 Å². The molecule has 184 valence electrons. The number of piperidine rings is 2. The lowest BCUT2D eigenvalue weighted by molar-refractivity contribution is 0.0538. The van der Waals surface area contributed by atoms with E-state index in [1.807, 2.05) is 6.92 Å². The van der Waals surface area contributed by atoms with Crippen molar-refractivity contribution in [1.29, 1.82) is 0 Å². The molecule has 7 nitrogen and oxygen atoms in total. The predicted octanol–water partition coefficient (Wildman–Crippen LogP) is 3.68. The zero-order chi connectivity index (χ0) is 24.3. The van der Waals surface area contributed by atoms with Gasteiger partial charge in [0.05, 0.1) is 4.90 Å². The van der Waals surface area contributed by atoms with Crippen molar-refractivity contribution >= 4 is 16.1 Å². The highest BCUT2D eigenvalue weighted by atomic mass is 32.2. The Morgan fingerprint density at radius 1 is 0.941 bits per heavy atom. The van der Waals surface area contributed by atoms with Crippen LogP contribution in [0.15, 0.2) is 47.4 Å². The summed E-state index contributed by atoms with van der Waals surface area (Å²) in [5, 5.41) is 0. The third kappa shape index (κ3) is 5.85. The Labute approximate surface area is 198 Å². The molecule has 0 atom stereocenters. The summed E-state index contributed by atoms with van der Waals surface area (Å²) in [4.78, 5) is 16.5. The normalized spacial score (nSPS) is 18.6. The van der Waals surface area contributed by atoms with Crippen LogP contribution < -0.4 is 9.46 Å². The zero-order valence-corrected chi connectivity index (χ0v) is 19.9. The summed E-state index contributed by atoms with van der Waals surface area (Å²) in [7, 11) is -3.91. The molecule has 0 bridgehead atoms. The third-order valence-electron chi connectivity index (χ3n) is 6.49. The Bertz CT molecular complexity index is 1110. The Morgan fingerprint density at radius 3 is 2.21 bits per heavy atom. The number of hydrogen-bond donors (Lipinski definition) is 1. The number of benzene rings is 2. The number of amides is 2. The molecular weight excluding hydrogens is 464 g/mol. The molecule has 4 rings (SSSR count). The number of hydrogen-bond acceptors (Lipinski definition) is 5. The molecular formula is C24H29F2N3O4S. The van der Waals surface area contributed by atoms with E-state index < -0.39 is 27.7 Å². The number of halogens is 2. The molecule has 2 fully saturated rings. The summed E-state index contributed by atoms with van der Waals surface area (Å²) in [6.07, 6.45) is 3.00. The molecule has 2 aromatic rings. The number of nitrogens with one attached hydrogen (secondary N) is 1. The van der Waals surface area contributed by atoms with Gasteiger partial charge in [0, 0.05) is 38.3 Å². The van der Waals surface area contributed by atoms with Crippen LogP contribution in [0.3, 0.4) is 0 Å². The van der Waals surface area contributed by atoms with Crippen LogP contribution >= 0.6 is 0 Å². The molecule has 10 heteroatoms. The monoisotopic (exact) mass is 493 g/mol. The number of sulfonamides is 1. The molecule has 2 heterocycles. The van der Waals surface area contributed by atoms with E-state index in [4.69, 9.17) is 4.74 Å². The first-order valence-electron chi connectivity index (χ1n) is 11.5. The van der Waals surface area contributed by atoms with E-state index >= 15 is 0 Å². The quantitative estimate of drug-likeness (QED) is 0.688. The van der Waals surface area contributed by atoms with Gasteiger partial charge >= 0.3 is 6.03 Å². The minimum absolute atomic E-state index is 0.0565. The number of likely N-dealkylation sites (tertiary alicyclic amines) is 2. The van der Waals surface area contributed by atoms with Gasteiger partial charge in [-0.05, 0) is 56.9 Å². The fourth-order valence-corrected chi connectivity index (χ4v) is 5.46. The molecule has 0 saturated carbocycles. The van der Waals surface area contributed by atoms with E-state index in [1.54, 1.807) is 17.0 Å². The largest absolute Gasteiger partial charge is 0.490 e. The van der Waals surface area contributed by atoms with Crippen LogP contribution in [-0.4, -0.2) is 62.6 Å². The van der Waals surface area contributed by atoms with Gasteiger partial charge in [-0.2, -0.15) is 0 Å². The van der Waals surface area contributed by atoms with E-state index in [1.165, 1.54) is 18.2 Å². The van der Waals surface area contributed by atoms with Crippen molar-refractivity contribution in [1.82, 2.24) is 14.5 Å². The van der Waals surface area contributed by atoms with Gasteiger partial charge in [-0.3, -0.25) is 4.90 Å². The van der Waals surface area contributed by atoms with Crippen molar-refractivity contribution in [2.75, 3.05) is 26.2 Å². The Balaban J connectivity index is 1.23. The number of urea groups is 1. The van der Waals surface area contributed by atoms with E-state index in [9.17, 15) is 22.0 Å². The summed E-state index contributed by atoms with van der Waals surface area (Å²) < 4.78 is 59.4.